The lowest BCUT2D eigenvalue weighted by molar-refractivity contribution is 0.391. The van der Waals surface area contributed by atoms with Crippen LogP contribution >= 0.6 is 23.2 Å². The highest BCUT2D eigenvalue weighted by atomic mass is 35.5. The summed E-state index contributed by atoms with van der Waals surface area (Å²) in [4.78, 5) is 2.24. The van der Waals surface area contributed by atoms with Gasteiger partial charge in [-0.25, -0.2) is 0 Å². The van der Waals surface area contributed by atoms with E-state index in [4.69, 9.17) is 28.9 Å². The molecule has 0 bridgehead atoms. The maximum atomic E-state index is 6.33. The molecule has 0 saturated heterocycles. The number of hydrogen-bond acceptors (Lipinski definition) is 2. The third-order valence-corrected chi connectivity index (χ3v) is 5.07. The van der Waals surface area contributed by atoms with Gasteiger partial charge >= 0.3 is 0 Å². The third kappa shape index (κ3) is 1.58. The van der Waals surface area contributed by atoms with Gasteiger partial charge in [-0.2, -0.15) is 0 Å². The topological polar surface area (TPSA) is 29.3 Å². The molecule has 1 heterocycles. The Hall–Kier alpha value is -0.440. The van der Waals surface area contributed by atoms with Gasteiger partial charge in [0.25, 0.3) is 0 Å². The highest BCUT2D eigenvalue weighted by Gasteiger charge is 2.53. The first kappa shape index (κ1) is 11.6. The first-order valence-electron chi connectivity index (χ1n) is 5.98. The van der Waals surface area contributed by atoms with Gasteiger partial charge in [-0.1, -0.05) is 29.3 Å². The van der Waals surface area contributed by atoms with Crippen LogP contribution in [0, 0.1) is 5.41 Å². The number of hydrogen-bond donors (Lipinski definition) is 1. The summed E-state index contributed by atoms with van der Waals surface area (Å²) in [5.74, 6) is 0.434. The molecule has 92 valence electrons. The normalized spacial score (nSPS) is 24.9. The second-order valence-corrected chi connectivity index (χ2v) is 6.09. The van der Waals surface area contributed by atoms with Gasteiger partial charge in [0.1, 0.15) is 0 Å². The lowest BCUT2D eigenvalue weighted by Crippen LogP contribution is -2.39. The molecule has 0 aromatic heterocycles. The molecule has 1 atom stereocenters. The van der Waals surface area contributed by atoms with Crippen molar-refractivity contribution in [3.8, 4) is 0 Å². The van der Waals surface area contributed by atoms with Crippen LogP contribution in [0.3, 0.4) is 0 Å². The molecule has 1 aromatic carbocycles. The summed E-state index contributed by atoms with van der Waals surface area (Å²) in [5.41, 5.74) is 8.72. The maximum Gasteiger partial charge on any atom is 0.0828 e. The van der Waals surface area contributed by atoms with Gasteiger partial charge in [-0.3, -0.25) is 0 Å². The number of nitrogens with zero attached hydrogens (tertiary/aromatic N) is 1. The average Bonchev–Trinajstić information content (AvgIpc) is 3.03. The van der Waals surface area contributed by atoms with Crippen molar-refractivity contribution >= 4 is 28.9 Å². The van der Waals surface area contributed by atoms with Crippen LogP contribution in [0.1, 0.15) is 24.3 Å². The van der Waals surface area contributed by atoms with Crippen molar-refractivity contribution in [2.75, 3.05) is 25.0 Å². The molecule has 1 fully saturated rings. The van der Waals surface area contributed by atoms with Crippen molar-refractivity contribution in [1.29, 1.82) is 0 Å². The Balaban J connectivity index is 2.17. The van der Waals surface area contributed by atoms with Gasteiger partial charge in [0.2, 0.25) is 0 Å². The number of benzene rings is 1. The molecule has 3 rings (SSSR count). The van der Waals surface area contributed by atoms with Gasteiger partial charge in [-0.05, 0) is 36.4 Å². The van der Waals surface area contributed by atoms with Gasteiger partial charge in [-0.15, -0.1) is 0 Å². The van der Waals surface area contributed by atoms with Gasteiger partial charge in [0.05, 0.1) is 15.7 Å². The smallest absolute Gasteiger partial charge is 0.0828 e. The van der Waals surface area contributed by atoms with Crippen LogP contribution in [-0.4, -0.2) is 20.1 Å². The highest BCUT2D eigenvalue weighted by Crippen LogP contribution is 2.61. The van der Waals surface area contributed by atoms with Crippen LogP contribution in [0.4, 0.5) is 5.69 Å². The summed E-state index contributed by atoms with van der Waals surface area (Å²) in [6, 6.07) is 3.98. The zero-order valence-corrected chi connectivity index (χ0v) is 11.4. The molecule has 2 aliphatic rings. The van der Waals surface area contributed by atoms with E-state index in [1.54, 1.807) is 0 Å². The van der Waals surface area contributed by atoms with Crippen molar-refractivity contribution < 1.29 is 0 Å². The quantitative estimate of drug-likeness (QED) is 0.849. The van der Waals surface area contributed by atoms with E-state index in [1.165, 1.54) is 18.4 Å². The SMILES string of the molecule is CN1CC2(CC2)C(CN)c2ccc(Cl)c(Cl)c21. The molecular weight excluding hydrogens is 255 g/mol. The van der Waals surface area contributed by atoms with Crippen molar-refractivity contribution in [2.24, 2.45) is 11.1 Å². The molecule has 2 N–H and O–H groups in total. The maximum absolute atomic E-state index is 6.33. The summed E-state index contributed by atoms with van der Waals surface area (Å²) < 4.78 is 0. The Labute approximate surface area is 112 Å². The van der Waals surface area contributed by atoms with E-state index in [9.17, 15) is 0 Å². The molecule has 1 aromatic rings. The van der Waals surface area contributed by atoms with Crippen LogP contribution < -0.4 is 10.6 Å². The van der Waals surface area contributed by atoms with E-state index in [1.807, 2.05) is 6.07 Å². The molecular formula is C13H16Cl2N2. The molecule has 1 aliphatic heterocycles. The summed E-state index contributed by atoms with van der Waals surface area (Å²) in [5, 5.41) is 1.29. The van der Waals surface area contributed by atoms with E-state index < -0.39 is 0 Å². The van der Waals surface area contributed by atoms with Crippen LogP contribution in [0.15, 0.2) is 12.1 Å². The van der Waals surface area contributed by atoms with Gasteiger partial charge < -0.3 is 10.6 Å². The summed E-state index contributed by atoms with van der Waals surface area (Å²) in [7, 11) is 2.09. The fourth-order valence-corrected chi connectivity index (χ4v) is 3.73. The first-order valence-corrected chi connectivity index (χ1v) is 6.74. The van der Waals surface area contributed by atoms with Gasteiger partial charge in [0, 0.05) is 19.5 Å². The Bertz CT molecular complexity index is 469. The summed E-state index contributed by atoms with van der Waals surface area (Å²) in [6.45, 7) is 1.74. The predicted octanol–water partition coefficient (Wildman–Crippen LogP) is 3.27. The number of nitrogens with two attached hydrogens (primary N) is 1. The molecule has 1 spiro atoms. The second-order valence-electron chi connectivity index (χ2n) is 5.31. The molecule has 0 amide bonds. The lowest BCUT2D eigenvalue weighted by atomic mass is 9.78. The molecule has 17 heavy (non-hydrogen) atoms. The third-order valence-electron chi connectivity index (χ3n) is 4.28. The molecule has 0 radical (unpaired) electrons. The lowest BCUT2D eigenvalue weighted by Gasteiger charge is -2.40. The zero-order chi connectivity index (χ0) is 12.2. The Morgan fingerprint density at radius 1 is 1.41 bits per heavy atom. The Kier molecular flexibility index (Phi) is 2.58. The molecule has 1 aliphatic carbocycles. The molecule has 4 heteroatoms. The highest BCUT2D eigenvalue weighted by molar-refractivity contribution is 6.43. The number of anilines is 1. The second kappa shape index (κ2) is 3.78. The van der Waals surface area contributed by atoms with Crippen LogP contribution in [0.25, 0.3) is 0 Å². The summed E-state index contributed by atoms with van der Waals surface area (Å²) in [6.07, 6.45) is 2.55. The van der Waals surface area contributed by atoms with E-state index in [0.717, 1.165) is 12.2 Å². The minimum Gasteiger partial charge on any atom is -0.373 e. The standard InChI is InChI=1S/C13H16Cl2N2/c1-17-7-13(4-5-13)9(6-16)8-2-3-10(14)11(15)12(8)17/h2-3,9H,4-7,16H2,1H3. The predicted molar refractivity (Wildman–Crippen MR) is 73.2 cm³/mol. The van der Waals surface area contributed by atoms with E-state index >= 15 is 0 Å². The van der Waals surface area contributed by atoms with Crippen molar-refractivity contribution in [3.63, 3.8) is 0 Å². The van der Waals surface area contributed by atoms with Crippen LogP contribution in [-0.2, 0) is 0 Å². The van der Waals surface area contributed by atoms with Gasteiger partial charge in [0.15, 0.2) is 0 Å². The fourth-order valence-electron chi connectivity index (χ4n) is 3.26. The van der Waals surface area contributed by atoms with E-state index in [2.05, 4.69) is 18.0 Å². The monoisotopic (exact) mass is 270 g/mol. The fraction of sp³-hybridized carbons (Fsp3) is 0.538. The number of rotatable bonds is 1. The van der Waals surface area contributed by atoms with Crippen LogP contribution in [0.2, 0.25) is 10.0 Å². The summed E-state index contributed by atoms with van der Waals surface area (Å²) >= 11 is 12.4. The van der Waals surface area contributed by atoms with Crippen molar-refractivity contribution in [3.05, 3.63) is 27.7 Å². The first-order chi connectivity index (χ1) is 8.09. The van der Waals surface area contributed by atoms with E-state index in [0.29, 0.717) is 27.9 Å². The minimum atomic E-state index is 0.396. The number of fused-ring (bicyclic) bond motifs is 1. The zero-order valence-electron chi connectivity index (χ0n) is 9.84. The van der Waals surface area contributed by atoms with E-state index in [-0.39, 0.29) is 0 Å². The molecule has 1 unspecified atom stereocenters. The minimum absolute atomic E-state index is 0.396. The van der Waals surface area contributed by atoms with Crippen LogP contribution in [0.5, 0.6) is 0 Å². The number of halogens is 2. The Morgan fingerprint density at radius 3 is 2.71 bits per heavy atom. The Morgan fingerprint density at radius 2 is 2.12 bits per heavy atom. The average molecular weight is 271 g/mol. The molecule has 1 saturated carbocycles. The van der Waals surface area contributed by atoms with Crippen molar-refractivity contribution in [2.45, 2.75) is 18.8 Å². The largest absolute Gasteiger partial charge is 0.373 e. The van der Waals surface area contributed by atoms with Crippen molar-refractivity contribution in [1.82, 2.24) is 0 Å². The molecule has 2 nitrogen and oxygen atoms in total.